The molecular weight excluding hydrogens is 345 g/mol. The number of Topliss-reactive ketones (excluding diaryl/α,β-unsaturated/α-hetero) is 1. The summed E-state index contributed by atoms with van der Waals surface area (Å²) in [6, 6.07) is 4.09. The van der Waals surface area contributed by atoms with E-state index in [-0.39, 0.29) is 10.6 Å². The monoisotopic (exact) mass is 346 g/mol. The minimum atomic E-state index is -3.58. The summed E-state index contributed by atoms with van der Waals surface area (Å²) < 4.78 is 25.8. The number of benzene rings is 1. The first-order chi connectivity index (χ1) is 6.32. The van der Waals surface area contributed by atoms with Gasteiger partial charge in [0.1, 0.15) is 0 Å². The second-order valence-electron chi connectivity index (χ2n) is 2.45. The van der Waals surface area contributed by atoms with Gasteiger partial charge in [-0.15, -0.1) is 0 Å². The lowest BCUT2D eigenvalue weighted by molar-refractivity contribution is 0.0592. The molecule has 1 aromatic carbocycles. The fraction of sp³-hybridized carbons (Fsp3) is 0.125. The first-order valence-electron chi connectivity index (χ1n) is 3.39. The Morgan fingerprint density at radius 1 is 1.43 bits per heavy atom. The van der Waals surface area contributed by atoms with E-state index in [0.29, 0.717) is 4.47 Å². The molecule has 0 unspecified atom stereocenters. The third-order valence-electron chi connectivity index (χ3n) is 1.43. The van der Waals surface area contributed by atoms with Crippen LogP contribution < -0.4 is 0 Å². The molecule has 0 N–H and O–H groups in total. The van der Waals surface area contributed by atoms with Crippen molar-refractivity contribution in [1.29, 1.82) is 0 Å². The van der Waals surface area contributed by atoms with Crippen LogP contribution in [-0.4, -0.2) is 10.6 Å². The molecule has 0 saturated carbocycles. The summed E-state index contributed by atoms with van der Waals surface area (Å²) in [5, 5.41) is -0.0106. The normalized spacial score (nSPS) is 11.5. The highest BCUT2D eigenvalue weighted by atomic mass is 79.9. The molecule has 0 aliphatic carbocycles. The molecule has 0 heterocycles. The van der Waals surface area contributed by atoms with Crippen LogP contribution in [-0.2, 0) is 0 Å². The first kappa shape index (κ1) is 12.1. The van der Waals surface area contributed by atoms with Gasteiger partial charge in [0.15, 0.2) is 0 Å². The van der Waals surface area contributed by atoms with Crippen LogP contribution in [0.25, 0.3) is 0 Å². The van der Waals surface area contributed by atoms with Crippen LogP contribution in [0.2, 0.25) is 5.02 Å². The van der Waals surface area contributed by atoms with E-state index in [1.165, 1.54) is 18.2 Å². The second-order valence-corrected chi connectivity index (χ2v) is 4.77. The largest absolute Gasteiger partial charge is 0.363 e. The Hall–Kier alpha value is -0.000000000000000167. The fourth-order valence-electron chi connectivity index (χ4n) is 0.826. The molecule has 1 rings (SSSR count). The van der Waals surface area contributed by atoms with Crippen molar-refractivity contribution in [2.24, 2.45) is 0 Å². The molecule has 1 aromatic rings. The number of carbonyl (C=O) groups is 1. The summed E-state index contributed by atoms with van der Waals surface area (Å²) in [6.07, 6.45) is 0. The van der Waals surface area contributed by atoms with E-state index in [0.717, 1.165) is 0 Å². The highest BCUT2D eigenvalue weighted by molar-refractivity contribution is 9.10. The zero-order valence-electron chi connectivity index (χ0n) is 6.53. The van der Waals surface area contributed by atoms with E-state index in [4.69, 9.17) is 11.6 Å². The van der Waals surface area contributed by atoms with E-state index in [1.54, 1.807) is 0 Å². The molecule has 0 spiro atoms. The predicted octanol–water partition coefficient (Wildman–Crippen LogP) is 4.27. The van der Waals surface area contributed by atoms with Crippen LogP contribution in [0.3, 0.4) is 0 Å². The first-order valence-corrected chi connectivity index (χ1v) is 5.35. The highest BCUT2D eigenvalue weighted by Gasteiger charge is 2.36. The van der Waals surface area contributed by atoms with Crippen molar-refractivity contribution in [2.75, 3.05) is 0 Å². The summed E-state index contributed by atoms with van der Waals surface area (Å²) in [5.74, 6) is -1.35. The van der Waals surface area contributed by atoms with Gasteiger partial charge in [0.2, 0.25) is 5.78 Å². The maximum Gasteiger partial charge on any atom is 0.363 e. The Balaban J connectivity index is 3.15. The second kappa shape index (κ2) is 4.24. The van der Waals surface area contributed by atoms with E-state index in [9.17, 15) is 13.6 Å². The van der Waals surface area contributed by atoms with Gasteiger partial charge >= 0.3 is 4.83 Å². The number of ketones is 1. The van der Waals surface area contributed by atoms with Crippen LogP contribution in [0.15, 0.2) is 22.7 Å². The van der Waals surface area contributed by atoms with Crippen molar-refractivity contribution in [1.82, 2.24) is 0 Å². The SMILES string of the molecule is O=C(c1ccc(Br)cc1Cl)C(F)(F)Br. The third kappa shape index (κ3) is 2.74. The molecule has 0 atom stereocenters. The number of hydrogen-bond donors (Lipinski definition) is 0. The standard InChI is InChI=1S/C8H3Br2ClF2O/c9-4-1-2-5(6(11)3-4)7(14)8(10,12)13/h1-3H. The molecular formula is C8H3Br2ClF2O. The lowest BCUT2D eigenvalue weighted by Gasteiger charge is -2.08. The molecule has 0 fully saturated rings. The zero-order valence-corrected chi connectivity index (χ0v) is 10.5. The maximum atomic E-state index is 12.6. The van der Waals surface area contributed by atoms with Gasteiger partial charge in [-0.3, -0.25) is 4.79 Å². The lowest BCUT2D eigenvalue weighted by Crippen LogP contribution is -2.21. The van der Waals surface area contributed by atoms with Crippen molar-refractivity contribution in [2.45, 2.75) is 4.83 Å². The molecule has 0 saturated heterocycles. The van der Waals surface area contributed by atoms with E-state index >= 15 is 0 Å². The van der Waals surface area contributed by atoms with Crippen LogP contribution >= 0.6 is 43.5 Å². The number of alkyl halides is 3. The van der Waals surface area contributed by atoms with Gasteiger partial charge in [0, 0.05) is 10.0 Å². The predicted molar refractivity (Wildman–Crippen MR) is 57.4 cm³/mol. The van der Waals surface area contributed by atoms with Crippen molar-refractivity contribution in [3.63, 3.8) is 0 Å². The number of rotatable bonds is 2. The molecule has 6 heteroatoms. The van der Waals surface area contributed by atoms with Gasteiger partial charge in [-0.1, -0.05) is 27.5 Å². The molecule has 0 aromatic heterocycles. The topological polar surface area (TPSA) is 17.1 Å². The molecule has 1 nitrogen and oxygen atoms in total. The number of halogens is 5. The molecule has 0 aliphatic rings. The Morgan fingerprint density at radius 2 is 2.00 bits per heavy atom. The van der Waals surface area contributed by atoms with Crippen molar-refractivity contribution in [3.05, 3.63) is 33.3 Å². The number of hydrogen-bond acceptors (Lipinski definition) is 1. The van der Waals surface area contributed by atoms with Crippen molar-refractivity contribution < 1.29 is 13.6 Å². The number of carbonyl (C=O) groups excluding carboxylic acids is 1. The fourth-order valence-corrected chi connectivity index (χ4v) is 1.80. The minimum Gasteiger partial charge on any atom is -0.286 e. The molecule has 0 radical (unpaired) electrons. The van der Waals surface area contributed by atoms with Crippen LogP contribution in [0.1, 0.15) is 10.4 Å². The summed E-state index contributed by atoms with van der Waals surface area (Å²) in [5.41, 5.74) is -0.211. The van der Waals surface area contributed by atoms with E-state index in [2.05, 4.69) is 15.9 Å². The van der Waals surface area contributed by atoms with Crippen molar-refractivity contribution in [3.8, 4) is 0 Å². The molecule has 14 heavy (non-hydrogen) atoms. The Kier molecular flexibility index (Phi) is 3.66. The van der Waals surface area contributed by atoms with Gasteiger partial charge in [-0.25, -0.2) is 0 Å². The quantitative estimate of drug-likeness (QED) is 0.576. The summed E-state index contributed by atoms with van der Waals surface area (Å²) >= 11 is 10.7. The van der Waals surface area contributed by atoms with E-state index < -0.39 is 10.6 Å². The summed E-state index contributed by atoms with van der Waals surface area (Å²) in [4.78, 5) is 7.52. The maximum absolute atomic E-state index is 12.6. The highest BCUT2D eigenvalue weighted by Crippen LogP contribution is 2.31. The van der Waals surface area contributed by atoms with Gasteiger partial charge in [-0.2, -0.15) is 8.78 Å². The summed E-state index contributed by atoms with van der Waals surface area (Å²) in [6.45, 7) is 0. The zero-order chi connectivity index (χ0) is 10.9. The Morgan fingerprint density at radius 3 is 2.43 bits per heavy atom. The van der Waals surface area contributed by atoms with Crippen LogP contribution in [0.4, 0.5) is 8.78 Å². The average Bonchev–Trinajstić information content (AvgIpc) is 2.01. The average molecular weight is 348 g/mol. The lowest BCUT2D eigenvalue weighted by atomic mass is 10.1. The molecule has 0 amide bonds. The minimum absolute atomic E-state index is 0.0106. The van der Waals surface area contributed by atoms with Gasteiger partial charge in [-0.05, 0) is 34.1 Å². The molecule has 76 valence electrons. The van der Waals surface area contributed by atoms with Crippen molar-refractivity contribution >= 4 is 49.2 Å². The van der Waals surface area contributed by atoms with Gasteiger partial charge in [0.25, 0.3) is 0 Å². The van der Waals surface area contributed by atoms with Gasteiger partial charge in [0.05, 0.1) is 5.02 Å². The van der Waals surface area contributed by atoms with Crippen LogP contribution in [0.5, 0.6) is 0 Å². The Bertz CT molecular complexity index is 376. The van der Waals surface area contributed by atoms with Gasteiger partial charge < -0.3 is 0 Å². The summed E-state index contributed by atoms with van der Waals surface area (Å²) in [7, 11) is 0. The van der Waals surface area contributed by atoms with Crippen LogP contribution in [0, 0.1) is 0 Å². The smallest absolute Gasteiger partial charge is 0.286 e. The van der Waals surface area contributed by atoms with E-state index in [1.807, 2.05) is 15.9 Å². The molecule has 0 bridgehead atoms. The Labute approximate surface area is 101 Å². The molecule has 0 aliphatic heterocycles. The third-order valence-corrected chi connectivity index (χ3v) is 2.60.